The van der Waals surface area contributed by atoms with Gasteiger partial charge in [-0.3, -0.25) is 0 Å². The quantitative estimate of drug-likeness (QED) is 0.363. The zero-order valence-electron chi connectivity index (χ0n) is 20.8. The summed E-state index contributed by atoms with van der Waals surface area (Å²) < 4.78 is 0. The van der Waals surface area contributed by atoms with E-state index < -0.39 is 5.60 Å². The van der Waals surface area contributed by atoms with Gasteiger partial charge < -0.3 is 10.2 Å². The SMILES string of the molecule is CC.CC(C)(O)CCCCC1CCC2C3CC=C4CC(O)CC[C@]4(C)C3CCC12C. The maximum atomic E-state index is 10.2. The number of fused-ring (bicyclic) bond motifs is 5. The Labute approximate surface area is 186 Å². The van der Waals surface area contributed by atoms with Gasteiger partial charge in [0.15, 0.2) is 0 Å². The number of aliphatic hydroxyl groups excluding tert-OH is 1. The van der Waals surface area contributed by atoms with Crippen molar-refractivity contribution in [3.05, 3.63) is 11.6 Å². The first kappa shape index (κ1) is 24.3. The van der Waals surface area contributed by atoms with E-state index in [0.29, 0.717) is 10.8 Å². The standard InChI is InChI=1S/C26H44O2.C2H6/c1-24(2,28)14-6-5-7-18-9-11-22-21-10-8-19-17-20(27)12-15-26(19,4)23(21)13-16-25(18,22)3;1-2/h8,18,20-23,27-28H,5-7,9-17H2,1-4H3;1-2H3/t18?,20?,21?,22?,23?,25?,26-;/m0./s1. The Morgan fingerprint density at radius 2 is 1.73 bits per heavy atom. The minimum atomic E-state index is -0.505. The number of hydrogen-bond donors (Lipinski definition) is 2. The van der Waals surface area contributed by atoms with Gasteiger partial charge in [0, 0.05) is 0 Å². The van der Waals surface area contributed by atoms with Crippen molar-refractivity contribution in [3.8, 4) is 0 Å². The van der Waals surface area contributed by atoms with Crippen LogP contribution < -0.4 is 0 Å². The van der Waals surface area contributed by atoms with E-state index in [1.165, 1.54) is 57.8 Å². The molecule has 2 heteroatoms. The Kier molecular flexibility index (Phi) is 7.50. The molecule has 3 fully saturated rings. The molecule has 4 rings (SSSR count). The van der Waals surface area contributed by atoms with Crippen LogP contribution in [0, 0.1) is 34.5 Å². The summed E-state index contributed by atoms with van der Waals surface area (Å²) in [4.78, 5) is 0. The van der Waals surface area contributed by atoms with E-state index in [0.717, 1.165) is 42.9 Å². The molecule has 0 spiro atoms. The van der Waals surface area contributed by atoms with E-state index in [2.05, 4.69) is 19.9 Å². The lowest BCUT2D eigenvalue weighted by Crippen LogP contribution is -2.50. The van der Waals surface area contributed by atoms with Gasteiger partial charge in [-0.2, -0.15) is 0 Å². The molecule has 0 aromatic carbocycles. The minimum Gasteiger partial charge on any atom is -0.393 e. The lowest BCUT2D eigenvalue weighted by Gasteiger charge is -2.58. The fraction of sp³-hybridized carbons (Fsp3) is 0.929. The van der Waals surface area contributed by atoms with E-state index in [-0.39, 0.29) is 6.10 Å². The summed E-state index contributed by atoms with van der Waals surface area (Å²) in [6.07, 6.45) is 17.3. The molecule has 0 aromatic heterocycles. The zero-order valence-corrected chi connectivity index (χ0v) is 20.8. The predicted molar refractivity (Wildman–Crippen MR) is 127 cm³/mol. The molecule has 4 aliphatic rings. The first-order valence-corrected chi connectivity index (χ1v) is 13.2. The summed E-state index contributed by atoms with van der Waals surface area (Å²) in [6.45, 7) is 13.1. The third-order valence-electron chi connectivity index (χ3n) is 9.87. The summed E-state index contributed by atoms with van der Waals surface area (Å²) in [5.74, 6) is 3.54. The van der Waals surface area contributed by atoms with Crippen molar-refractivity contribution in [2.24, 2.45) is 34.5 Å². The molecule has 7 atom stereocenters. The van der Waals surface area contributed by atoms with Crippen molar-refractivity contribution in [2.75, 3.05) is 0 Å². The van der Waals surface area contributed by atoms with E-state index in [1.807, 2.05) is 27.7 Å². The Morgan fingerprint density at radius 1 is 1.00 bits per heavy atom. The zero-order chi connectivity index (χ0) is 22.2. The maximum Gasteiger partial charge on any atom is 0.0591 e. The average molecular weight is 419 g/mol. The van der Waals surface area contributed by atoms with Crippen LogP contribution in [-0.4, -0.2) is 21.9 Å². The molecule has 2 N–H and O–H groups in total. The van der Waals surface area contributed by atoms with Crippen LogP contribution in [0.3, 0.4) is 0 Å². The number of aliphatic hydroxyl groups is 2. The van der Waals surface area contributed by atoms with Gasteiger partial charge in [-0.25, -0.2) is 0 Å². The maximum absolute atomic E-state index is 10.2. The molecule has 0 heterocycles. The van der Waals surface area contributed by atoms with Crippen LogP contribution in [0.4, 0.5) is 0 Å². The Bertz CT molecular complexity index is 602. The van der Waals surface area contributed by atoms with Crippen LogP contribution in [0.1, 0.15) is 119 Å². The number of hydrogen-bond acceptors (Lipinski definition) is 2. The monoisotopic (exact) mass is 418 g/mol. The molecule has 6 unspecified atom stereocenters. The van der Waals surface area contributed by atoms with Crippen LogP contribution in [0.25, 0.3) is 0 Å². The molecule has 30 heavy (non-hydrogen) atoms. The van der Waals surface area contributed by atoms with Gasteiger partial charge in [0.25, 0.3) is 0 Å². The molecule has 3 saturated carbocycles. The van der Waals surface area contributed by atoms with Crippen molar-refractivity contribution in [1.29, 1.82) is 0 Å². The van der Waals surface area contributed by atoms with E-state index >= 15 is 0 Å². The highest BCUT2D eigenvalue weighted by molar-refractivity contribution is 5.25. The van der Waals surface area contributed by atoms with E-state index in [1.54, 1.807) is 5.57 Å². The van der Waals surface area contributed by atoms with Crippen LogP contribution in [-0.2, 0) is 0 Å². The second-order valence-corrected chi connectivity index (χ2v) is 12.0. The van der Waals surface area contributed by atoms with Crippen molar-refractivity contribution < 1.29 is 10.2 Å². The van der Waals surface area contributed by atoms with Crippen LogP contribution in [0.15, 0.2) is 11.6 Å². The molecule has 4 aliphatic carbocycles. The molecule has 0 radical (unpaired) electrons. The highest BCUT2D eigenvalue weighted by Crippen LogP contribution is 2.66. The number of unbranched alkanes of at least 4 members (excludes halogenated alkanes) is 1. The second-order valence-electron chi connectivity index (χ2n) is 12.0. The summed E-state index contributed by atoms with van der Waals surface area (Å²) in [7, 11) is 0. The van der Waals surface area contributed by atoms with Crippen LogP contribution >= 0.6 is 0 Å². The van der Waals surface area contributed by atoms with Gasteiger partial charge in [0.05, 0.1) is 11.7 Å². The Hall–Kier alpha value is -0.340. The fourth-order valence-electron chi connectivity index (χ4n) is 8.17. The van der Waals surface area contributed by atoms with Gasteiger partial charge in [-0.05, 0) is 113 Å². The summed E-state index contributed by atoms with van der Waals surface area (Å²) in [5.41, 5.74) is 2.01. The largest absolute Gasteiger partial charge is 0.393 e. The van der Waals surface area contributed by atoms with Gasteiger partial charge in [-0.15, -0.1) is 0 Å². The average Bonchev–Trinajstić information content (AvgIpc) is 3.03. The van der Waals surface area contributed by atoms with Crippen molar-refractivity contribution in [1.82, 2.24) is 0 Å². The van der Waals surface area contributed by atoms with Gasteiger partial charge in [0.2, 0.25) is 0 Å². The molecule has 0 aromatic rings. The topological polar surface area (TPSA) is 40.5 Å². The Morgan fingerprint density at radius 3 is 2.43 bits per heavy atom. The molecular formula is C28H50O2. The van der Waals surface area contributed by atoms with Crippen molar-refractivity contribution >= 4 is 0 Å². The molecule has 0 amide bonds. The number of rotatable bonds is 5. The molecule has 2 nitrogen and oxygen atoms in total. The van der Waals surface area contributed by atoms with Gasteiger partial charge in [-0.1, -0.05) is 52.2 Å². The van der Waals surface area contributed by atoms with Crippen LogP contribution in [0.5, 0.6) is 0 Å². The highest BCUT2D eigenvalue weighted by atomic mass is 16.3. The van der Waals surface area contributed by atoms with Crippen LogP contribution in [0.2, 0.25) is 0 Å². The molecule has 0 bridgehead atoms. The normalized spacial score (nSPS) is 42.9. The van der Waals surface area contributed by atoms with E-state index in [4.69, 9.17) is 0 Å². The van der Waals surface area contributed by atoms with E-state index in [9.17, 15) is 10.2 Å². The lowest BCUT2D eigenvalue weighted by molar-refractivity contribution is -0.0510. The molecular weight excluding hydrogens is 368 g/mol. The van der Waals surface area contributed by atoms with Gasteiger partial charge in [0.1, 0.15) is 0 Å². The summed E-state index contributed by atoms with van der Waals surface area (Å²) in [5, 5.41) is 20.2. The second kappa shape index (κ2) is 9.26. The van der Waals surface area contributed by atoms with Gasteiger partial charge >= 0.3 is 0 Å². The minimum absolute atomic E-state index is 0.0931. The smallest absolute Gasteiger partial charge is 0.0591 e. The third-order valence-corrected chi connectivity index (χ3v) is 9.87. The van der Waals surface area contributed by atoms with Crippen molar-refractivity contribution in [3.63, 3.8) is 0 Å². The first-order chi connectivity index (χ1) is 14.1. The summed E-state index contributed by atoms with van der Waals surface area (Å²) >= 11 is 0. The predicted octanol–water partition coefficient (Wildman–Crippen LogP) is 7.28. The molecule has 0 aliphatic heterocycles. The molecule has 0 saturated heterocycles. The highest BCUT2D eigenvalue weighted by Gasteiger charge is 2.58. The lowest BCUT2D eigenvalue weighted by atomic mass is 9.47. The summed E-state index contributed by atoms with van der Waals surface area (Å²) in [6, 6.07) is 0. The fourth-order valence-corrected chi connectivity index (χ4v) is 8.17. The third kappa shape index (κ3) is 4.56. The first-order valence-electron chi connectivity index (χ1n) is 13.2. The number of allylic oxidation sites excluding steroid dienone is 1. The molecule has 174 valence electrons. The van der Waals surface area contributed by atoms with Crippen molar-refractivity contribution in [2.45, 2.75) is 130 Å². The Balaban J connectivity index is 0.00000124.